The van der Waals surface area contributed by atoms with E-state index in [9.17, 15) is 5.11 Å². The lowest BCUT2D eigenvalue weighted by Crippen LogP contribution is -1.88. The molecule has 0 atom stereocenters. The fourth-order valence-corrected chi connectivity index (χ4v) is 0.922. The van der Waals surface area contributed by atoms with Crippen molar-refractivity contribution in [3.05, 3.63) is 30.9 Å². The normalized spacial score (nSPS) is 9.83. The third-order valence-electron chi connectivity index (χ3n) is 1.49. The highest BCUT2D eigenvalue weighted by Crippen LogP contribution is 2.26. The van der Waals surface area contributed by atoms with Crippen molar-refractivity contribution in [3.63, 3.8) is 0 Å². The van der Waals surface area contributed by atoms with Gasteiger partial charge in [0.25, 0.3) is 0 Å². The van der Waals surface area contributed by atoms with Gasteiger partial charge in [-0.2, -0.15) is 0 Å². The summed E-state index contributed by atoms with van der Waals surface area (Å²) in [5.41, 5.74) is 0.802. The van der Waals surface area contributed by atoms with Crippen LogP contribution in [0.15, 0.2) is 18.2 Å². The van der Waals surface area contributed by atoms with E-state index in [2.05, 4.69) is 4.74 Å². The van der Waals surface area contributed by atoms with Crippen LogP contribution < -0.4 is 4.74 Å². The molecule has 64 valence electrons. The van der Waals surface area contributed by atoms with Gasteiger partial charge in [-0.05, 0) is 17.7 Å². The molecule has 12 heavy (non-hydrogen) atoms. The number of hydrogen-bond donors (Lipinski definition) is 1. The van der Waals surface area contributed by atoms with E-state index >= 15 is 0 Å². The zero-order valence-electron chi connectivity index (χ0n) is 6.78. The van der Waals surface area contributed by atoms with E-state index < -0.39 is 0 Å². The van der Waals surface area contributed by atoms with Gasteiger partial charge < -0.3 is 14.6 Å². The van der Waals surface area contributed by atoms with Gasteiger partial charge in [-0.3, -0.25) is 0 Å². The van der Waals surface area contributed by atoms with Gasteiger partial charge in [-0.15, -0.1) is 0 Å². The SMILES string of the molecule is [CH]OCc1ccc(OC)c(O)c1. The van der Waals surface area contributed by atoms with Crippen molar-refractivity contribution in [2.75, 3.05) is 7.11 Å². The zero-order chi connectivity index (χ0) is 8.97. The maximum atomic E-state index is 9.30. The van der Waals surface area contributed by atoms with Gasteiger partial charge in [0.2, 0.25) is 0 Å². The molecule has 1 aromatic rings. The number of benzene rings is 1. The summed E-state index contributed by atoms with van der Waals surface area (Å²) in [6.07, 6.45) is 0. The van der Waals surface area contributed by atoms with Crippen LogP contribution in [0.1, 0.15) is 5.56 Å². The number of rotatable bonds is 3. The Morgan fingerprint density at radius 3 is 2.75 bits per heavy atom. The van der Waals surface area contributed by atoms with Gasteiger partial charge in [0.15, 0.2) is 11.5 Å². The molecule has 0 fully saturated rings. The molecule has 3 heteroatoms. The summed E-state index contributed by atoms with van der Waals surface area (Å²) < 4.78 is 9.26. The van der Waals surface area contributed by atoms with E-state index in [0.717, 1.165) is 5.56 Å². The first-order valence-electron chi connectivity index (χ1n) is 3.45. The minimum atomic E-state index is 0.0899. The molecule has 1 aromatic carbocycles. The second-order valence-electron chi connectivity index (χ2n) is 2.32. The molecule has 0 saturated carbocycles. The van der Waals surface area contributed by atoms with Crippen LogP contribution in [-0.4, -0.2) is 12.2 Å². The molecule has 0 amide bonds. The molecule has 0 aliphatic rings. The molecule has 0 heterocycles. The summed E-state index contributed by atoms with van der Waals surface area (Å²) in [4.78, 5) is 0. The number of aromatic hydroxyl groups is 1. The first kappa shape index (κ1) is 8.87. The standard InChI is InChI=1S/C9H10O3/c1-11-6-7-3-4-9(12-2)8(10)5-7/h1,3-5,10H,6H2,2H3. The lowest BCUT2D eigenvalue weighted by Gasteiger charge is -2.04. The molecule has 0 aliphatic carbocycles. The van der Waals surface area contributed by atoms with E-state index in [0.29, 0.717) is 5.75 Å². The van der Waals surface area contributed by atoms with Gasteiger partial charge in [0.1, 0.15) is 7.11 Å². The molecule has 0 aliphatic heterocycles. The molecule has 0 aromatic heterocycles. The fourth-order valence-electron chi connectivity index (χ4n) is 0.922. The predicted molar refractivity (Wildman–Crippen MR) is 43.7 cm³/mol. The first-order valence-corrected chi connectivity index (χ1v) is 3.45. The predicted octanol–water partition coefficient (Wildman–Crippen LogP) is 1.59. The van der Waals surface area contributed by atoms with Crippen LogP contribution >= 0.6 is 0 Å². The van der Waals surface area contributed by atoms with E-state index in [1.54, 1.807) is 18.2 Å². The largest absolute Gasteiger partial charge is 0.504 e. The Hall–Kier alpha value is -1.22. The fraction of sp³-hybridized carbons (Fsp3) is 0.222. The van der Waals surface area contributed by atoms with Gasteiger partial charge in [0, 0.05) is 0 Å². The van der Waals surface area contributed by atoms with Crippen molar-refractivity contribution in [3.8, 4) is 11.5 Å². The highest BCUT2D eigenvalue weighted by Gasteiger charge is 2.01. The second-order valence-corrected chi connectivity index (χ2v) is 2.32. The van der Waals surface area contributed by atoms with Crippen LogP contribution in [0, 0.1) is 7.11 Å². The van der Waals surface area contributed by atoms with Crippen LogP contribution in [0.5, 0.6) is 11.5 Å². The van der Waals surface area contributed by atoms with Crippen molar-refractivity contribution in [2.24, 2.45) is 0 Å². The minimum absolute atomic E-state index is 0.0899. The molecule has 0 saturated heterocycles. The van der Waals surface area contributed by atoms with Crippen LogP contribution in [0.2, 0.25) is 0 Å². The summed E-state index contributed by atoms with van der Waals surface area (Å²) in [7, 11) is 6.36. The Morgan fingerprint density at radius 1 is 1.50 bits per heavy atom. The Bertz CT molecular complexity index is 258. The lowest BCUT2D eigenvalue weighted by atomic mass is 10.2. The third-order valence-corrected chi connectivity index (χ3v) is 1.49. The lowest BCUT2D eigenvalue weighted by molar-refractivity contribution is 0.228. The maximum Gasteiger partial charge on any atom is 0.160 e. The summed E-state index contributed by atoms with van der Waals surface area (Å²) in [5, 5.41) is 9.30. The molecule has 3 nitrogen and oxygen atoms in total. The molecule has 0 spiro atoms. The smallest absolute Gasteiger partial charge is 0.160 e. The highest BCUT2D eigenvalue weighted by atomic mass is 16.5. The summed E-state index contributed by atoms with van der Waals surface area (Å²) >= 11 is 0. The van der Waals surface area contributed by atoms with Crippen molar-refractivity contribution in [1.29, 1.82) is 0 Å². The maximum absolute atomic E-state index is 9.30. The summed E-state index contributed by atoms with van der Waals surface area (Å²) in [6.45, 7) is 0.275. The molecular weight excluding hydrogens is 156 g/mol. The number of hydrogen-bond acceptors (Lipinski definition) is 3. The molecule has 0 bridgehead atoms. The minimum Gasteiger partial charge on any atom is -0.504 e. The molecule has 0 unspecified atom stereocenters. The van der Waals surface area contributed by atoms with E-state index in [-0.39, 0.29) is 12.4 Å². The van der Waals surface area contributed by atoms with Gasteiger partial charge >= 0.3 is 0 Å². The Morgan fingerprint density at radius 2 is 2.25 bits per heavy atom. The van der Waals surface area contributed by atoms with E-state index in [1.807, 2.05) is 0 Å². The van der Waals surface area contributed by atoms with Crippen molar-refractivity contribution >= 4 is 0 Å². The van der Waals surface area contributed by atoms with Crippen molar-refractivity contribution in [2.45, 2.75) is 6.61 Å². The number of phenols is 1. The van der Waals surface area contributed by atoms with E-state index in [4.69, 9.17) is 11.8 Å². The molecule has 1 N–H and O–H groups in total. The Labute approximate surface area is 71.5 Å². The average molecular weight is 166 g/mol. The van der Waals surface area contributed by atoms with Crippen LogP contribution in [0.25, 0.3) is 0 Å². The second kappa shape index (κ2) is 3.97. The molecule has 2 radical (unpaired) electrons. The zero-order valence-corrected chi connectivity index (χ0v) is 6.78. The molecular formula is C9H10O3. The Balaban J connectivity index is 2.86. The van der Waals surface area contributed by atoms with Crippen LogP contribution in [0.3, 0.4) is 0 Å². The van der Waals surface area contributed by atoms with Gasteiger partial charge in [-0.1, -0.05) is 6.07 Å². The van der Waals surface area contributed by atoms with Crippen molar-refractivity contribution in [1.82, 2.24) is 0 Å². The first-order chi connectivity index (χ1) is 5.77. The monoisotopic (exact) mass is 166 g/mol. The summed E-state index contributed by atoms with van der Waals surface area (Å²) in [6, 6.07) is 4.97. The number of methoxy groups -OCH3 is 1. The van der Waals surface area contributed by atoms with Crippen molar-refractivity contribution < 1.29 is 14.6 Å². The topological polar surface area (TPSA) is 38.7 Å². The Kier molecular flexibility index (Phi) is 2.94. The van der Waals surface area contributed by atoms with Crippen LogP contribution in [-0.2, 0) is 11.3 Å². The van der Waals surface area contributed by atoms with Crippen LogP contribution in [0.4, 0.5) is 0 Å². The van der Waals surface area contributed by atoms with E-state index in [1.165, 1.54) is 7.11 Å². The van der Waals surface area contributed by atoms with Gasteiger partial charge in [-0.25, -0.2) is 0 Å². The molecule has 1 rings (SSSR count). The quantitative estimate of drug-likeness (QED) is 0.741. The highest BCUT2D eigenvalue weighted by molar-refractivity contribution is 5.41. The summed E-state index contributed by atoms with van der Waals surface area (Å²) in [5.74, 6) is 0.530. The number of ether oxygens (including phenoxy) is 2. The number of phenolic OH excluding ortho intramolecular Hbond substituents is 1. The third kappa shape index (κ3) is 1.89. The van der Waals surface area contributed by atoms with Gasteiger partial charge in [0.05, 0.1) is 13.7 Å². The average Bonchev–Trinajstić information content (AvgIpc) is 2.05.